The van der Waals surface area contributed by atoms with Gasteiger partial charge in [0.25, 0.3) is 5.91 Å². The smallest absolute Gasteiger partial charge is 0.328 e. The lowest BCUT2D eigenvalue weighted by molar-refractivity contribution is 0.0943. The fourth-order valence-electron chi connectivity index (χ4n) is 5.14. The van der Waals surface area contributed by atoms with Crippen molar-refractivity contribution in [3.8, 4) is 11.3 Å². The summed E-state index contributed by atoms with van der Waals surface area (Å²) in [7, 11) is 0. The minimum absolute atomic E-state index is 0.0344. The molecule has 1 aliphatic heterocycles. The standard InChI is InChI=1S/C31H39F2N7O2/c1-17(2)36-29(41)21-12-11-20(7)22(15-21)26-23-16-35-31(42)40(27-24(32)9-8-10-25(27)33)28(23)38-30(37-26)34-13-14-39(18(3)4)19(5)6/h8-12,15,17-19H,13-14,16H2,1-7H3,(H,35,42)(H,36,41)(H,34,37,38). The molecule has 2 heterocycles. The molecule has 0 saturated carbocycles. The average molecular weight is 580 g/mol. The van der Waals surface area contributed by atoms with Gasteiger partial charge in [-0.1, -0.05) is 12.1 Å². The number of nitrogens with zero attached hydrogens (tertiary/aromatic N) is 4. The summed E-state index contributed by atoms with van der Waals surface area (Å²) < 4.78 is 30.0. The number of urea groups is 1. The largest absolute Gasteiger partial charge is 0.353 e. The van der Waals surface area contributed by atoms with Crippen LogP contribution in [0.4, 0.5) is 31.0 Å². The van der Waals surface area contributed by atoms with Crippen molar-refractivity contribution in [2.24, 2.45) is 0 Å². The zero-order valence-corrected chi connectivity index (χ0v) is 25.2. The Morgan fingerprint density at radius 1 is 1.05 bits per heavy atom. The van der Waals surface area contributed by atoms with E-state index in [1.165, 1.54) is 6.07 Å². The maximum atomic E-state index is 15.0. The van der Waals surface area contributed by atoms with Crippen LogP contribution in [0, 0.1) is 18.6 Å². The molecular formula is C31H39F2N7O2. The van der Waals surface area contributed by atoms with E-state index in [9.17, 15) is 9.59 Å². The number of para-hydroxylation sites is 1. The number of nitrogens with one attached hydrogen (secondary N) is 3. The van der Waals surface area contributed by atoms with Crippen molar-refractivity contribution in [2.75, 3.05) is 23.3 Å². The van der Waals surface area contributed by atoms with Gasteiger partial charge in [0.1, 0.15) is 17.3 Å². The van der Waals surface area contributed by atoms with Gasteiger partial charge in [-0.3, -0.25) is 9.69 Å². The number of amides is 3. The van der Waals surface area contributed by atoms with E-state index >= 15 is 8.78 Å². The lowest BCUT2D eigenvalue weighted by atomic mass is 9.97. The van der Waals surface area contributed by atoms with Gasteiger partial charge in [-0.25, -0.2) is 23.5 Å². The van der Waals surface area contributed by atoms with E-state index in [0.717, 1.165) is 22.6 Å². The van der Waals surface area contributed by atoms with Crippen molar-refractivity contribution in [3.05, 3.63) is 64.7 Å². The Hall–Kier alpha value is -4.12. The molecule has 0 aliphatic carbocycles. The molecule has 1 aromatic heterocycles. The molecule has 0 radical (unpaired) electrons. The predicted octanol–water partition coefficient (Wildman–Crippen LogP) is 5.76. The van der Waals surface area contributed by atoms with Gasteiger partial charge < -0.3 is 16.0 Å². The summed E-state index contributed by atoms with van der Waals surface area (Å²) in [5, 5.41) is 8.86. The number of anilines is 3. The number of hydrogen-bond acceptors (Lipinski definition) is 6. The van der Waals surface area contributed by atoms with Crippen LogP contribution < -0.4 is 20.9 Å². The highest BCUT2D eigenvalue weighted by molar-refractivity contribution is 6.02. The molecule has 42 heavy (non-hydrogen) atoms. The molecule has 0 atom stereocenters. The Balaban J connectivity index is 1.87. The monoisotopic (exact) mass is 579 g/mol. The van der Waals surface area contributed by atoms with Crippen LogP contribution in [-0.4, -0.2) is 58.0 Å². The lowest BCUT2D eigenvalue weighted by Gasteiger charge is -2.32. The van der Waals surface area contributed by atoms with Crippen LogP contribution >= 0.6 is 0 Å². The highest BCUT2D eigenvalue weighted by Crippen LogP contribution is 2.39. The normalized spacial score (nSPS) is 13.2. The van der Waals surface area contributed by atoms with Crippen molar-refractivity contribution in [1.82, 2.24) is 25.5 Å². The van der Waals surface area contributed by atoms with Crippen LogP contribution in [0.2, 0.25) is 0 Å². The third kappa shape index (κ3) is 6.51. The number of rotatable bonds is 10. The van der Waals surface area contributed by atoms with E-state index < -0.39 is 23.4 Å². The van der Waals surface area contributed by atoms with Crippen LogP contribution in [0.1, 0.15) is 63.0 Å². The number of aromatic nitrogens is 2. The first-order valence-electron chi connectivity index (χ1n) is 14.2. The molecular weight excluding hydrogens is 540 g/mol. The summed E-state index contributed by atoms with van der Waals surface area (Å²) in [5.74, 6) is -1.78. The molecule has 3 aromatic rings. The van der Waals surface area contributed by atoms with Crippen LogP contribution in [-0.2, 0) is 6.54 Å². The number of fused-ring (bicyclic) bond motifs is 1. The Labute approximate surface area is 245 Å². The first-order chi connectivity index (χ1) is 19.9. The SMILES string of the molecule is Cc1ccc(C(=O)NC(C)C)cc1-c1nc(NCCN(C(C)C)C(C)C)nc2c1CNC(=O)N2c1c(F)cccc1F. The molecule has 2 aromatic carbocycles. The molecule has 1 aliphatic rings. The summed E-state index contributed by atoms with van der Waals surface area (Å²) in [6.45, 7) is 15.4. The topological polar surface area (TPSA) is 102 Å². The van der Waals surface area contributed by atoms with Crippen molar-refractivity contribution < 1.29 is 18.4 Å². The maximum Gasteiger partial charge on any atom is 0.328 e. The highest BCUT2D eigenvalue weighted by Gasteiger charge is 2.34. The molecule has 9 nitrogen and oxygen atoms in total. The molecule has 0 bridgehead atoms. The molecule has 0 spiro atoms. The van der Waals surface area contributed by atoms with Gasteiger partial charge in [0.15, 0.2) is 5.82 Å². The van der Waals surface area contributed by atoms with Gasteiger partial charge in [-0.15, -0.1) is 0 Å². The summed E-state index contributed by atoms with van der Waals surface area (Å²) >= 11 is 0. The van der Waals surface area contributed by atoms with Crippen LogP contribution in [0.3, 0.4) is 0 Å². The van der Waals surface area contributed by atoms with Crippen molar-refractivity contribution >= 4 is 29.4 Å². The van der Waals surface area contributed by atoms with Gasteiger partial charge >= 0.3 is 6.03 Å². The zero-order chi connectivity index (χ0) is 30.7. The van der Waals surface area contributed by atoms with Gasteiger partial charge in [-0.05, 0) is 78.3 Å². The summed E-state index contributed by atoms with van der Waals surface area (Å²) in [6, 6.07) is 8.59. The van der Waals surface area contributed by atoms with Crippen molar-refractivity contribution in [1.29, 1.82) is 0 Å². The number of benzene rings is 2. The summed E-state index contributed by atoms with van der Waals surface area (Å²) in [5.41, 5.74) is 2.30. The summed E-state index contributed by atoms with van der Waals surface area (Å²) in [6.07, 6.45) is 0. The van der Waals surface area contributed by atoms with E-state index in [-0.39, 0.29) is 30.3 Å². The van der Waals surface area contributed by atoms with E-state index in [1.807, 2.05) is 26.8 Å². The quantitative estimate of drug-likeness (QED) is 0.282. The van der Waals surface area contributed by atoms with Crippen molar-refractivity contribution in [2.45, 2.75) is 73.1 Å². The average Bonchev–Trinajstić information content (AvgIpc) is 2.91. The predicted molar refractivity (Wildman–Crippen MR) is 161 cm³/mol. The molecule has 11 heteroatoms. The number of carbonyl (C=O) groups is 2. The first-order valence-corrected chi connectivity index (χ1v) is 14.2. The van der Waals surface area contributed by atoms with Gasteiger partial charge in [0.05, 0.1) is 12.2 Å². The molecule has 0 unspecified atom stereocenters. The Kier molecular flexibility index (Phi) is 9.40. The molecule has 3 N–H and O–H groups in total. The molecule has 3 amide bonds. The van der Waals surface area contributed by atoms with Crippen LogP contribution in [0.25, 0.3) is 11.3 Å². The lowest BCUT2D eigenvalue weighted by Crippen LogP contribution is -2.43. The van der Waals surface area contributed by atoms with Gasteiger partial charge in [-0.2, -0.15) is 4.98 Å². The second-order valence-electron chi connectivity index (χ2n) is 11.3. The van der Waals surface area contributed by atoms with Crippen LogP contribution in [0.5, 0.6) is 0 Å². The highest BCUT2D eigenvalue weighted by atomic mass is 19.1. The second kappa shape index (κ2) is 12.8. The van der Waals surface area contributed by atoms with Gasteiger partial charge in [0.2, 0.25) is 5.95 Å². The number of aryl methyl sites for hydroxylation is 1. The number of hydrogen-bond donors (Lipinski definition) is 3. The molecule has 4 rings (SSSR count). The second-order valence-corrected chi connectivity index (χ2v) is 11.3. The van der Waals surface area contributed by atoms with Gasteiger partial charge in [0, 0.05) is 47.9 Å². The minimum atomic E-state index is -0.902. The zero-order valence-electron chi connectivity index (χ0n) is 25.2. The van der Waals surface area contributed by atoms with E-state index in [2.05, 4.69) is 53.5 Å². The Morgan fingerprint density at radius 2 is 1.71 bits per heavy atom. The minimum Gasteiger partial charge on any atom is -0.353 e. The fraction of sp³-hybridized carbons (Fsp3) is 0.419. The first kappa shape index (κ1) is 30.8. The maximum absolute atomic E-state index is 15.0. The van der Waals surface area contributed by atoms with Crippen molar-refractivity contribution in [3.63, 3.8) is 0 Å². The van der Waals surface area contributed by atoms with E-state index in [0.29, 0.717) is 47.6 Å². The Morgan fingerprint density at radius 3 is 2.33 bits per heavy atom. The van der Waals surface area contributed by atoms with E-state index in [1.54, 1.807) is 12.1 Å². The molecule has 0 saturated heterocycles. The number of halogens is 2. The third-order valence-corrected chi connectivity index (χ3v) is 7.13. The van der Waals surface area contributed by atoms with E-state index in [4.69, 9.17) is 4.98 Å². The molecule has 0 fully saturated rings. The van der Waals surface area contributed by atoms with Crippen LogP contribution in [0.15, 0.2) is 36.4 Å². The fourth-order valence-corrected chi connectivity index (χ4v) is 5.14. The Bertz CT molecular complexity index is 1450. The summed E-state index contributed by atoms with van der Waals surface area (Å²) in [4.78, 5) is 38.7. The third-order valence-electron chi connectivity index (χ3n) is 7.13. The number of carbonyl (C=O) groups excluding carboxylic acids is 2. The molecule has 224 valence electrons.